The number of methoxy groups -OCH3 is 1. The summed E-state index contributed by atoms with van der Waals surface area (Å²) in [5.74, 6) is -0.149. The molecule has 0 aromatic rings. The molecule has 1 fully saturated rings. The van der Waals surface area contributed by atoms with E-state index in [0.29, 0.717) is 13.2 Å². The fourth-order valence-electron chi connectivity index (χ4n) is 1.12. The number of hydrogen-bond acceptors (Lipinski definition) is 3. The van der Waals surface area contributed by atoms with Crippen molar-refractivity contribution in [3.05, 3.63) is 12.7 Å². The first-order valence-corrected chi connectivity index (χ1v) is 4.02. The van der Waals surface area contributed by atoms with Crippen LogP contribution >= 0.6 is 0 Å². The first-order chi connectivity index (χ1) is 5.75. The Hall–Kier alpha value is -0.830. The predicted octanol–water partition coefficient (Wildman–Crippen LogP) is 1.14. The maximum Gasteiger partial charge on any atom is 0.314 e. The van der Waals surface area contributed by atoms with Crippen LogP contribution < -0.4 is 0 Å². The Bertz CT molecular complexity index is 182. The van der Waals surface area contributed by atoms with E-state index in [1.54, 1.807) is 13.2 Å². The molecule has 12 heavy (non-hydrogen) atoms. The molecule has 1 rings (SSSR count). The van der Waals surface area contributed by atoms with Gasteiger partial charge >= 0.3 is 5.97 Å². The van der Waals surface area contributed by atoms with Gasteiger partial charge in [0.2, 0.25) is 0 Å². The topological polar surface area (TPSA) is 35.5 Å². The van der Waals surface area contributed by atoms with Gasteiger partial charge in [0.1, 0.15) is 6.61 Å². The van der Waals surface area contributed by atoms with Crippen molar-refractivity contribution in [3.63, 3.8) is 0 Å². The average Bonchev–Trinajstić information content (AvgIpc) is 2.82. The van der Waals surface area contributed by atoms with E-state index < -0.39 is 0 Å². The predicted molar refractivity (Wildman–Crippen MR) is 44.7 cm³/mol. The smallest absolute Gasteiger partial charge is 0.314 e. The molecule has 0 heterocycles. The molecule has 0 N–H and O–H groups in total. The van der Waals surface area contributed by atoms with Gasteiger partial charge in [-0.05, 0) is 12.8 Å². The normalized spacial score (nSPS) is 18.4. The molecule has 0 aromatic heterocycles. The summed E-state index contributed by atoms with van der Waals surface area (Å²) in [5.41, 5.74) is -0.322. The van der Waals surface area contributed by atoms with Crippen LogP contribution in [0, 0.1) is 5.41 Å². The monoisotopic (exact) mass is 170 g/mol. The molecule has 0 unspecified atom stereocenters. The van der Waals surface area contributed by atoms with Gasteiger partial charge < -0.3 is 9.47 Å². The zero-order valence-corrected chi connectivity index (χ0v) is 7.34. The summed E-state index contributed by atoms with van der Waals surface area (Å²) in [6.07, 6.45) is 3.34. The second kappa shape index (κ2) is 3.72. The van der Waals surface area contributed by atoms with Crippen LogP contribution in [0.5, 0.6) is 0 Å². The van der Waals surface area contributed by atoms with Gasteiger partial charge in [-0.1, -0.05) is 12.7 Å². The van der Waals surface area contributed by atoms with Gasteiger partial charge in [0.25, 0.3) is 0 Å². The minimum Gasteiger partial charge on any atom is -0.461 e. The zero-order chi connectivity index (χ0) is 9.03. The zero-order valence-electron chi connectivity index (χ0n) is 7.34. The minimum absolute atomic E-state index is 0.149. The van der Waals surface area contributed by atoms with Crippen LogP contribution in [0.15, 0.2) is 12.7 Å². The second-order valence-corrected chi connectivity index (χ2v) is 3.10. The molecule has 0 amide bonds. The van der Waals surface area contributed by atoms with Gasteiger partial charge in [0.15, 0.2) is 0 Å². The average molecular weight is 170 g/mol. The molecule has 0 bridgehead atoms. The third-order valence-corrected chi connectivity index (χ3v) is 2.04. The molecule has 0 spiro atoms. The summed E-state index contributed by atoms with van der Waals surface area (Å²) >= 11 is 0. The van der Waals surface area contributed by atoms with Crippen molar-refractivity contribution in [2.45, 2.75) is 12.8 Å². The first-order valence-electron chi connectivity index (χ1n) is 4.02. The lowest BCUT2D eigenvalue weighted by atomic mass is 10.1. The summed E-state index contributed by atoms with van der Waals surface area (Å²) in [6.45, 7) is 4.24. The van der Waals surface area contributed by atoms with E-state index >= 15 is 0 Å². The summed E-state index contributed by atoms with van der Waals surface area (Å²) < 4.78 is 9.88. The molecular formula is C9H14O3. The van der Waals surface area contributed by atoms with Crippen LogP contribution in [-0.2, 0) is 14.3 Å². The van der Waals surface area contributed by atoms with Gasteiger partial charge in [-0.2, -0.15) is 0 Å². The maximum atomic E-state index is 11.3. The van der Waals surface area contributed by atoms with Gasteiger partial charge in [-0.15, -0.1) is 0 Å². The lowest BCUT2D eigenvalue weighted by Gasteiger charge is -2.11. The number of carbonyl (C=O) groups excluding carboxylic acids is 1. The minimum atomic E-state index is -0.322. The summed E-state index contributed by atoms with van der Waals surface area (Å²) in [5, 5.41) is 0. The van der Waals surface area contributed by atoms with E-state index in [-0.39, 0.29) is 11.4 Å². The number of ether oxygens (including phenoxy) is 2. The molecule has 1 aliphatic carbocycles. The van der Waals surface area contributed by atoms with Gasteiger partial charge in [0, 0.05) is 7.11 Å². The lowest BCUT2D eigenvalue weighted by Crippen LogP contribution is -2.23. The van der Waals surface area contributed by atoms with Crippen molar-refractivity contribution in [1.29, 1.82) is 0 Å². The highest BCUT2D eigenvalue weighted by molar-refractivity contribution is 5.80. The molecule has 3 nitrogen and oxygen atoms in total. The van der Waals surface area contributed by atoms with Gasteiger partial charge in [0.05, 0.1) is 12.0 Å². The third kappa shape index (κ3) is 1.85. The van der Waals surface area contributed by atoms with Crippen molar-refractivity contribution in [3.8, 4) is 0 Å². The third-order valence-electron chi connectivity index (χ3n) is 2.04. The van der Waals surface area contributed by atoms with Gasteiger partial charge in [-0.25, -0.2) is 0 Å². The summed E-state index contributed by atoms with van der Waals surface area (Å²) in [6, 6.07) is 0. The Morgan fingerprint density at radius 3 is 2.75 bits per heavy atom. The van der Waals surface area contributed by atoms with Crippen molar-refractivity contribution in [1.82, 2.24) is 0 Å². The molecule has 1 aliphatic rings. The molecule has 3 heteroatoms. The van der Waals surface area contributed by atoms with E-state index in [0.717, 1.165) is 12.8 Å². The molecular weight excluding hydrogens is 156 g/mol. The van der Waals surface area contributed by atoms with E-state index in [1.165, 1.54) is 0 Å². The number of hydrogen-bond donors (Lipinski definition) is 0. The van der Waals surface area contributed by atoms with Crippen LogP contribution in [-0.4, -0.2) is 26.3 Å². The van der Waals surface area contributed by atoms with E-state index in [9.17, 15) is 4.79 Å². The van der Waals surface area contributed by atoms with Crippen molar-refractivity contribution >= 4 is 5.97 Å². The summed E-state index contributed by atoms with van der Waals surface area (Å²) in [7, 11) is 1.60. The standard InChI is InChI=1S/C9H14O3/c1-3-6-12-8(10)9(4-5-9)7-11-2/h3H,1,4-7H2,2H3. The number of esters is 1. The van der Waals surface area contributed by atoms with Crippen LogP contribution in [0.2, 0.25) is 0 Å². The highest BCUT2D eigenvalue weighted by Crippen LogP contribution is 2.46. The Balaban J connectivity index is 2.35. The van der Waals surface area contributed by atoms with E-state index in [1.807, 2.05) is 0 Å². The number of carbonyl (C=O) groups is 1. The van der Waals surface area contributed by atoms with Crippen LogP contribution in [0.25, 0.3) is 0 Å². The Kier molecular flexibility index (Phi) is 2.87. The van der Waals surface area contributed by atoms with Crippen molar-refractivity contribution < 1.29 is 14.3 Å². The summed E-state index contributed by atoms with van der Waals surface area (Å²) in [4.78, 5) is 11.3. The molecule has 0 radical (unpaired) electrons. The quantitative estimate of drug-likeness (QED) is 0.458. The first kappa shape index (κ1) is 9.26. The highest BCUT2D eigenvalue weighted by Gasteiger charge is 2.51. The van der Waals surface area contributed by atoms with E-state index in [4.69, 9.17) is 9.47 Å². The number of rotatable bonds is 5. The SMILES string of the molecule is C=CCOC(=O)C1(COC)CC1. The largest absolute Gasteiger partial charge is 0.461 e. The fourth-order valence-corrected chi connectivity index (χ4v) is 1.12. The Morgan fingerprint density at radius 1 is 1.67 bits per heavy atom. The van der Waals surface area contributed by atoms with Gasteiger partial charge in [-0.3, -0.25) is 4.79 Å². The second-order valence-electron chi connectivity index (χ2n) is 3.10. The fraction of sp³-hybridized carbons (Fsp3) is 0.667. The molecule has 0 saturated heterocycles. The lowest BCUT2D eigenvalue weighted by molar-refractivity contribution is -0.151. The van der Waals surface area contributed by atoms with Crippen LogP contribution in [0.1, 0.15) is 12.8 Å². The molecule has 0 aromatic carbocycles. The van der Waals surface area contributed by atoms with Crippen LogP contribution in [0.4, 0.5) is 0 Å². The Labute approximate surface area is 72.4 Å². The maximum absolute atomic E-state index is 11.3. The van der Waals surface area contributed by atoms with Crippen molar-refractivity contribution in [2.75, 3.05) is 20.3 Å². The molecule has 0 atom stereocenters. The van der Waals surface area contributed by atoms with Crippen molar-refractivity contribution in [2.24, 2.45) is 5.41 Å². The molecule has 68 valence electrons. The Morgan fingerprint density at radius 2 is 2.33 bits per heavy atom. The van der Waals surface area contributed by atoms with Crippen LogP contribution in [0.3, 0.4) is 0 Å². The van der Waals surface area contributed by atoms with E-state index in [2.05, 4.69) is 6.58 Å². The highest BCUT2D eigenvalue weighted by atomic mass is 16.5. The molecule has 0 aliphatic heterocycles. The molecule has 1 saturated carbocycles.